The summed E-state index contributed by atoms with van der Waals surface area (Å²) in [4.78, 5) is 0. The van der Waals surface area contributed by atoms with E-state index in [0.717, 1.165) is 11.3 Å². The molecule has 0 unspecified atom stereocenters. The molecule has 19 heavy (non-hydrogen) atoms. The Bertz CT molecular complexity index is 546. The number of nitrogens with one attached hydrogen (secondary N) is 1. The lowest BCUT2D eigenvalue weighted by Crippen LogP contribution is -2.13. The Morgan fingerprint density at radius 1 is 1.37 bits per heavy atom. The van der Waals surface area contributed by atoms with Crippen molar-refractivity contribution in [3.63, 3.8) is 0 Å². The van der Waals surface area contributed by atoms with Crippen molar-refractivity contribution in [1.82, 2.24) is 20.3 Å². The number of rotatable bonds is 6. The first-order chi connectivity index (χ1) is 9.19. The highest BCUT2D eigenvalue weighted by atomic mass is 35.5. The molecule has 7 heteroatoms. The van der Waals surface area contributed by atoms with Gasteiger partial charge < -0.3 is 10.4 Å². The number of aliphatic hydroxyl groups is 1. The number of nitrogens with zero attached hydrogens (tertiary/aromatic N) is 3. The van der Waals surface area contributed by atoms with E-state index in [1.807, 2.05) is 0 Å². The minimum absolute atomic E-state index is 0.0321. The summed E-state index contributed by atoms with van der Waals surface area (Å²) in [5, 5.41) is 19.8. The second-order valence-electron chi connectivity index (χ2n) is 4.05. The largest absolute Gasteiger partial charge is 0.394 e. The smallest absolute Gasteiger partial charge is 0.141 e. The van der Waals surface area contributed by atoms with Gasteiger partial charge in [0.25, 0.3) is 0 Å². The molecule has 0 fully saturated rings. The maximum atomic E-state index is 13.0. The number of hydrogen-bond donors (Lipinski definition) is 2. The fourth-order valence-electron chi connectivity index (χ4n) is 1.62. The molecule has 2 N–H and O–H groups in total. The van der Waals surface area contributed by atoms with E-state index >= 15 is 0 Å². The minimum atomic E-state index is -0.419. The van der Waals surface area contributed by atoms with Gasteiger partial charge in [-0.1, -0.05) is 22.9 Å². The van der Waals surface area contributed by atoms with Crippen molar-refractivity contribution in [3.8, 4) is 0 Å². The van der Waals surface area contributed by atoms with Gasteiger partial charge >= 0.3 is 0 Å². The van der Waals surface area contributed by atoms with Crippen LogP contribution in [0.3, 0.4) is 0 Å². The first-order valence-electron chi connectivity index (χ1n) is 5.83. The van der Waals surface area contributed by atoms with Crippen LogP contribution in [0.2, 0.25) is 5.02 Å². The molecule has 0 radical (unpaired) electrons. The summed E-state index contributed by atoms with van der Waals surface area (Å²) in [7, 11) is 0. The highest BCUT2D eigenvalue weighted by Gasteiger charge is 2.02. The molecule has 0 aliphatic heterocycles. The Morgan fingerprint density at radius 2 is 2.21 bits per heavy atom. The maximum Gasteiger partial charge on any atom is 0.141 e. The minimum Gasteiger partial charge on any atom is -0.394 e. The lowest BCUT2D eigenvalue weighted by Gasteiger charge is -2.03. The monoisotopic (exact) mass is 284 g/mol. The average molecular weight is 285 g/mol. The van der Waals surface area contributed by atoms with E-state index in [2.05, 4.69) is 15.6 Å². The van der Waals surface area contributed by atoms with Crippen LogP contribution in [0.1, 0.15) is 11.3 Å². The van der Waals surface area contributed by atoms with Crippen molar-refractivity contribution in [2.45, 2.75) is 19.6 Å². The van der Waals surface area contributed by atoms with Crippen LogP contribution < -0.4 is 5.32 Å². The van der Waals surface area contributed by atoms with Crippen molar-refractivity contribution in [1.29, 1.82) is 0 Å². The Labute approximate surface area is 115 Å². The molecule has 0 aliphatic carbocycles. The molecule has 5 nitrogen and oxygen atoms in total. The highest BCUT2D eigenvalue weighted by Crippen LogP contribution is 2.15. The van der Waals surface area contributed by atoms with Gasteiger partial charge in [-0.15, -0.1) is 5.10 Å². The molecule has 0 amide bonds. The van der Waals surface area contributed by atoms with Crippen LogP contribution in [-0.4, -0.2) is 26.7 Å². The van der Waals surface area contributed by atoms with Gasteiger partial charge in [0.05, 0.1) is 23.9 Å². The second kappa shape index (κ2) is 6.60. The van der Waals surface area contributed by atoms with Crippen LogP contribution >= 0.6 is 11.6 Å². The summed E-state index contributed by atoms with van der Waals surface area (Å²) in [5.74, 6) is -0.419. The third-order valence-corrected chi connectivity index (χ3v) is 2.82. The lowest BCUT2D eigenvalue weighted by atomic mass is 10.2. The van der Waals surface area contributed by atoms with Gasteiger partial charge in [0.1, 0.15) is 5.82 Å². The molecule has 2 rings (SSSR count). The van der Waals surface area contributed by atoms with Gasteiger partial charge in [0, 0.05) is 19.3 Å². The van der Waals surface area contributed by atoms with Crippen LogP contribution in [0.25, 0.3) is 0 Å². The number of aliphatic hydroxyl groups excluding tert-OH is 1. The van der Waals surface area contributed by atoms with Crippen LogP contribution in [-0.2, 0) is 19.6 Å². The third-order valence-electron chi connectivity index (χ3n) is 2.53. The number of benzene rings is 1. The molecule has 0 saturated heterocycles. The van der Waals surface area contributed by atoms with Crippen molar-refractivity contribution in [3.05, 3.63) is 46.5 Å². The van der Waals surface area contributed by atoms with Crippen LogP contribution in [0.5, 0.6) is 0 Å². The number of halogens is 2. The molecule has 0 spiro atoms. The Hall–Kier alpha value is -1.50. The van der Waals surface area contributed by atoms with E-state index in [0.29, 0.717) is 19.6 Å². The molecular weight excluding hydrogens is 271 g/mol. The third kappa shape index (κ3) is 3.99. The van der Waals surface area contributed by atoms with E-state index in [1.165, 1.54) is 6.07 Å². The second-order valence-corrected chi connectivity index (χ2v) is 4.46. The van der Waals surface area contributed by atoms with Gasteiger partial charge in [-0.25, -0.2) is 9.07 Å². The standard InChI is InChI=1S/C12H14ClFN4O/c13-11-5-9(1-2-12(11)14)6-15-7-10-8-18(3-4-19)17-16-10/h1-2,5,8,15,19H,3-4,6-7H2. The predicted molar refractivity (Wildman–Crippen MR) is 69.1 cm³/mol. The molecule has 0 saturated carbocycles. The quantitative estimate of drug-likeness (QED) is 0.841. The van der Waals surface area contributed by atoms with Crippen molar-refractivity contribution >= 4 is 11.6 Å². The SMILES string of the molecule is OCCn1cc(CNCc2ccc(F)c(Cl)c2)nn1. The molecule has 1 aromatic carbocycles. The molecular formula is C12H14ClFN4O. The summed E-state index contributed by atoms with van der Waals surface area (Å²) in [6.07, 6.45) is 1.76. The first kappa shape index (κ1) is 13.9. The zero-order valence-corrected chi connectivity index (χ0v) is 10.9. The fraction of sp³-hybridized carbons (Fsp3) is 0.333. The molecule has 0 atom stereocenters. The van der Waals surface area contributed by atoms with Crippen LogP contribution in [0, 0.1) is 5.82 Å². The lowest BCUT2D eigenvalue weighted by molar-refractivity contribution is 0.268. The topological polar surface area (TPSA) is 63.0 Å². The van der Waals surface area contributed by atoms with Crippen LogP contribution in [0.4, 0.5) is 4.39 Å². The van der Waals surface area contributed by atoms with E-state index < -0.39 is 5.82 Å². The zero-order chi connectivity index (χ0) is 13.7. The van der Waals surface area contributed by atoms with Crippen molar-refractivity contribution in [2.75, 3.05) is 6.61 Å². The Kier molecular flexibility index (Phi) is 4.84. The van der Waals surface area contributed by atoms with Gasteiger partial charge in [-0.05, 0) is 17.7 Å². The van der Waals surface area contributed by atoms with Gasteiger partial charge in [-0.3, -0.25) is 0 Å². The summed E-state index contributed by atoms with van der Waals surface area (Å²) in [6, 6.07) is 4.61. The Morgan fingerprint density at radius 3 is 2.95 bits per heavy atom. The fourth-order valence-corrected chi connectivity index (χ4v) is 1.82. The predicted octanol–water partition coefficient (Wildman–Crippen LogP) is 1.35. The molecule has 0 aliphatic rings. The molecule has 1 aromatic heterocycles. The zero-order valence-electron chi connectivity index (χ0n) is 10.2. The average Bonchev–Trinajstić information content (AvgIpc) is 2.82. The summed E-state index contributed by atoms with van der Waals surface area (Å²) >= 11 is 5.70. The summed E-state index contributed by atoms with van der Waals surface area (Å²) in [6.45, 7) is 1.57. The molecule has 102 valence electrons. The summed E-state index contributed by atoms with van der Waals surface area (Å²) < 4.78 is 14.5. The highest BCUT2D eigenvalue weighted by molar-refractivity contribution is 6.30. The Balaban J connectivity index is 1.83. The number of hydrogen-bond acceptors (Lipinski definition) is 4. The van der Waals surface area contributed by atoms with Crippen molar-refractivity contribution < 1.29 is 9.50 Å². The van der Waals surface area contributed by atoms with Crippen LogP contribution in [0.15, 0.2) is 24.4 Å². The van der Waals surface area contributed by atoms with Gasteiger partial charge in [0.15, 0.2) is 0 Å². The van der Waals surface area contributed by atoms with Gasteiger partial charge in [0.2, 0.25) is 0 Å². The molecule has 0 bridgehead atoms. The number of aromatic nitrogens is 3. The van der Waals surface area contributed by atoms with Gasteiger partial charge in [-0.2, -0.15) is 0 Å². The summed E-state index contributed by atoms with van der Waals surface area (Å²) in [5.41, 5.74) is 1.68. The van der Waals surface area contributed by atoms with E-state index in [-0.39, 0.29) is 11.6 Å². The van der Waals surface area contributed by atoms with Crippen molar-refractivity contribution in [2.24, 2.45) is 0 Å². The maximum absolute atomic E-state index is 13.0. The normalized spacial score (nSPS) is 10.9. The molecule has 2 aromatic rings. The first-order valence-corrected chi connectivity index (χ1v) is 6.21. The van der Waals surface area contributed by atoms with E-state index in [4.69, 9.17) is 16.7 Å². The molecule has 1 heterocycles. The van der Waals surface area contributed by atoms with E-state index in [9.17, 15) is 4.39 Å². The van der Waals surface area contributed by atoms with E-state index in [1.54, 1.807) is 23.0 Å².